The number of benzene rings is 2. The van der Waals surface area contributed by atoms with Gasteiger partial charge in [-0.15, -0.1) is 0 Å². The SMILES string of the molecule is CCOc1ccccc1CCC(=O)N1CCN(S(=O)(=O)c2ccc(OC)c(OC)c2)CC1. The Labute approximate surface area is 189 Å². The minimum absolute atomic E-state index is 0.0134. The quantitative estimate of drug-likeness (QED) is 0.569. The molecule has 1 aliphatic heterocycles. The molecule has 9 heteroatoms. The van der Waals surface area contributed by atoms with E-state index >= 15 is 0 Å². The van der Waals surface area contributed by atoms with Crippen LogP contribution in [0, 0.1) is 0 Å². The van der Waals surface area contributed by atoms with Gasteiger partial charge in [0.15, 0.2) is 11.5 Å². The lowest BCUT2D eigenvalue weighted by molar-refractivity contribution is -0.132. The third-order valence-electron chi connectivity index (χ3n) is 5.46. The summed E-state index contributed by atoms with van der Waals surface area (Å²) >= 11 is 0. The highest BCUT2D eigenvalue weighted by Gasteiger charge is 2.30. The van der Waals surface area contributed by atoms with Crippen LogP contribution in [0.3, 0.4) is 0 Å². The van der Waals surface area contributed by atoms with Crippen LogP contribution in [0.5, 0.6) is 17.2 Å². The van der Waals surface area contributed by atoms with Crippen molar-refractivity contribution in [3.8, 4) is 17.2 Å². The Kier molecular flexibility index (Phi) is 7.98. The van der Waals surface area contributed by atoms with Crippen LogP contribution in [0.15, 0.2) is 47.4 Å². The van der Waals surface area contributed by atoms with Gasteiger partial charge in [-0.05, 0) is 37.1 Å². The second-order valence-electron chi connectivity index (χ2n) is 7.34. The first-order valence-electron chi connectivity index (χ1n) is 10.6. The van der Waals surface area contributed by atoms with Crippen LogP contribution in [-0.2, 0) is 21.2 Å². The summed E-state index contributed by atoms with van der Waals surface area (Å²) in [4.78, 5) is 14.6. The number of rotatable bonds is 9. The maximum atomic E-state index is 13.1. The van der Waals surface area contributed by atoms with Gasteiger partial charge in [-0.25, -0.2) is 8.42 Å². The Hall–Kier alpha value is -2.78. The van der Waals surface area contributed by atoms with E-state index in [1.807, 2.05) is 31.2 Å². The number of nitrogens with zero attached hydrogens (tertiary/aromatic N) is 2. The number of ether oxygens (including phenoxy) is 3. The molecule has 2 aromatic carbocycles. The van der Waals surface area contributed by atoms with Crippen molar-refractivity contribution in [3.63, 3.8) is 0 Å². The van der Waals surface area contributed by atoms with Gasteiger partial charge in [0.1, 0.15) is 5.75 Å². The lowest BCUT2D eigenvalue weighted by Gasteiger charge is -2.34. The molecule has 0 radical (unpaired) electrons. The number of sulfonamides is 1. The van der Waals surface area contributed by atoms with E-state index in [1.165, 1.54) is 30.7 Å². The first-order valence-corrected chi connectivity index (χ1v) is 12.0. The van der Waals surface area contributed by atoms with E-state index in [0.717, 1.165) is 11.3 Å². The predicted molar refractivity (Wildman–Crippen MR) is 121 cm³/mol. The molecule has 0 spiro atoms. The minimum atomic E-state index is -3.69. The maximum absolute atomic E-state index is 13.1. The summed E-state index contributed by atoms with van der Waals surface area (Å²) in [6.07, 6.45) is 0.936. The average Bonchev–Trinajstić information content (AvgIpc) is 2.83. The summed E-state index contributed by atoms with van der Waals surface area (Å²) in [5.74, 6) is 1.63. The first kappa shape index (κ1) is 23.9. The number of carbonyl (C=O) groups is 1. The molecule has 8 nitrogen and oxygen atoms in total. The molecule has 0 bridgehead atoms. The molecule has 2 aromatic rings. The van der Waals surface area contributed by atoms with Crippen molar-refractivity contribution in [3.05, 3.63) is 48.0 Å². The molecule has 174 valence electrons. The fourth-order valence-electron chi connectivity index (χ4n) is 3.71. The average molecular weight is 463 g/mol. The molecule has 0 saturated carbocycles. The van der Waals surface area contributed by atoms with Crippen molar-refractivity contribution in [2.45, 2.75) is 24.7 Å². The summed E-state index contributed by atoms with van der Waals surface area (Å²) < 4.78 is 43.5. The van der Waals surface area contributed by atoms with E-state index in [0.29, 0.717) is 44.0 Å². The fraction of sp³-hybridized carbons (Fsp3) is 0.435. The zero-order valence-corrected chi connectivity index (χ0v) is 19.6. The van der Waals surface area contributed by atoms with Gasteiger partial charge >= 0.3 is 0 Å². The van der Waals surface area contributed by atoms with Crippen LogP contribution in [0.2, 0.25) is 0 Å². The van der Waals surface area contributed by atoms with Crippen LogP contribution in [0.1, 0.15) is 18.9 Å². The van der Waals surface area contributed by atoms with Crippen molar-refractivity contribution >= 4 is 15.9 Å². The molecule has 1 heterocycles. The Morgan fingerprint density at radius 1 is 0.938 bits per heavy atom. The molecular weight excluding hydrogens is 432 g/mol. The highest BCUT2D eigenvalue weighted by Crippen LogP contribution is 2.31. The van der Waals surface area contributed by atoms with E-state index in [2.05, 4.69) is 0 Å². The van der Waals surface area contributed by atoms with E-state index in [4.69, 9.17) is 14.2 Å². The third-order valence-corrected chi connectivity index (χ3v) is 7.36. The Balaban J connectivity index is 1.59. The molecule has 0 aromatic heterocycles. The van der Waals surface area contributed by atoms with Gasteiger partial charge in [-0.2, -0.15) is 4.31 Å². The van der Waals surface area contributed by atoms with Crippen LogP contribution in [0.4, 0.5) is 0 Å². The number of para-hydroxylation sites is 1. The van der Waals surface area contributed by atoms with Crippen molar-refractivity contribution in [1.29, 1.82) is 0 Å². The molecule has 1 fully saturated rings. The second kappa shape index (κ2) is 10.7. The van der Waals surface area contributed by atoms with E-state index < -0.39 is 10.0 Å². The number of amides is 1. The summed E-state index contributed by atoms with van der Waals surface area (Å²) in [6.45, 7) is 3.71. The van der Waals surface area contributed by atoms with Gasteiger partial charge in [0.2, 0.25) is 15.9 Å². The standard InChI is InChI=1S/C23H30N2O6S/c1-4-31-20-8-6-5-7-18(20)9-12-23(26)24-13-15-25(16-14-24)32(27,28)19-10-11-21(29-2)22(17-19)30-3/h5-8,10-11,17H,4,9,12-16H2,1-3H3. The van der Waals surface area contributed by atoms with E-state index in [1.54, 1.807) is 11.0 Å². The highest BCUT2D eigenvalue weighted by molar-refractivity contribution is 7.89. The van der Waals surface area contributed by atoms with E-state index in [-0.39, 0.29) is 23.9 Å². The summed E-state index contributed by atoms with van der Waals surface area (Å²) in [7, 11) is -0.731. The van der Waals surface area contributed by atoms with Gasteiger partial charge in [0, 0.05) is 38.7 Å². The molecule has 1 saturated heterocycles. The minimum Gasteiger partial charge on any atom is -0.494 e. The van der Waals surface area contributed by atoms with E-state index in [9.17, 15) is 13.2 Å². The Morgan fingerprint density at radius 2 is 1.62 bits per heavy atom. The van der Waals surface area contributed by atoms with Crippen molar-refractivity contribution in [2.75, 3.05) is 47.0 Å². The molecule has 0 unspecified atom stereocenters. The smallest absolute Gasteiger partial charge is 0.243 e. The number of hydrogen-bond donors (Lipinski definition) is 0. The number of hydrogen-bond acceptors (Lipinski definition) is 6. The first-order chi connectivity index (χ1) is 15.4. The second-order valence-corrected chi connectivity index (χ2v) is 9.28. The zero-order chi connectivity index (χ0) is 23.1. The van der Waals surface area contributed by atoms with Gasteiger partial charge in [-0.3, -0.25) is 4.79 Å². The molecule has 0 N–H and O–H groups in total. The van der Waals surface area contributed by atoms with Crippen LogP contribution < -0.4 is 14.2 Å². The van der Waals surface area contributed by atoms with Crippen molar-refractivity contribution in [2.24, 2.45) is 0 Å². The fourth-order valence-corrected chi connectivity index (χ4v) is 5.15. The number of piperazine rings is 1. The zero-order valence-electron chi connectivity index (χ0n) is 18.7. The van der Waals surface area contributed by atoms with Crippen LogP contribution in [0.25, 0.3) is 0 Å². The van der Waals surface area contributed by atoms with Gasteiger partial charge in [-0.1, -0.05) is 18.2 Å². The predicted octanol–water partition coefficient (Wildman–Crippen LogP) is 2.57. The molecule has 0 atom stereocenters. The number of aryl methyl sites for hydroxylation is 1. The number of carbonyl (C=O) groups excluding carboxylic acids is 1. The summed E-state index contributed by atoms with van der Waals surface area (Å²) in [6, 6.07) is 12.2. The molecule has 1 aliphatic rings. The monoisotopic (exact) mass is 462 g/mol. The molecular formula is C23H30N2O6S. The largest absolute Gasteiger partial charge is 0.494 e. The molecule has 1 amide bonds. The van der Waals surface area contributed by atoms with Crippen molar-refractivity contribution < 1.29 is 27.4 Å². The lowest BCUT2D eigenvalue weighted by atomic mass is 10.1. The van der Waals surface area contributed by atoms with Gasteiger partial charge < -0.3 is 19.1 Å². The van der Waals surface area contributed by atoms with Crippen LogP contribution in [-0.4, -0.2) is 70.5 Å². The topological polar surface area (TPSA) is 85.4 Å². The number of methoxy groups -OCH3 is 2. The Morgan fingerprint density at radius 3 is 2.28 bits per heavy atom. The maximum Gasteiger partial charge on any atom is 0.243 e. The molecule has 3 rings (SSSR count). The summed E-state index contributed by atoms with van der Waals surface area (Å²) in [5, 5.41) is 0. The molecule has 0 aliphatic carbocycles. The highest BCUT2D eigenvalue weighted by atomic mass is 32.2. The normalized spacial score (nSPS) is 14.8. The summed E-state index contributed by atoms with van der Waals surface area (Å²) in [5.41, 5.74) is 0.998. The van der Waals surface area contributed by atoms with Crippen molar-refractivity contribution in [1.82, 2.24) is 9.21 Å². The third kappa shape index (κ3) is 5.34. The van der Waals surface area contributed by atoms with Crippen LogP contribution >= 0.6 is 0 Å². The lowest BCUT2D eigenvalue weighted by Crippen LogP contribution is -2.50. The van der Waals surface area contributed by atoms with Gasteiger partial charge in [0.05, 0.1) is 25.7 Å². The molecule has 32 heavy (non-hydrogen) atoms. The Bertz CT molecular complexity index is 1030. The van der Waals surface area contributed by atoms with Gasteiger partial charge in [0.25, 0.3) is 0 Å².